The molecular weight excluding hydrogens is 130 g/mol. The maximum absolute atomic E-state index is 8.81. The van der Waals surface area contributed by atoms with E-state index in [9.17, 15) is 0 Å². The van der Waals surface area contributed by atoms with Crippen LogP contribution in [0.3, 0.4) is 0 Å². The third kappa shape index (κ3) is 3.15. The Hall–Kier alpha value is -0.120. The van der Waals surface area contributed by atoms with E-state index in [0.717, 1.165) is 0 Å². The summed E-state index contributed by atoms with van der Waals surface area (Å²) >= 11 is 0. The molecule has 2 N–H and O–H groups in total. The number of aliphatic hydroxyl groups excluding tert-OH is 2. The minimum atomic E-state index is -2.79. The van der Waals surface area contributed by atoms with Crippen LogP contribution in [0.5, 0.6) is 0 Å². The first-order valence-corrected chi connectivity index (χ1v) is 3.19. The van der Waals surface area contributed by atoms with Crippen molar-refractivity contribution in [1.82, 2.24) is 0 Å². The summed E-state index contributed by atoms with van der Waals surface area (Å²) in [6, 6.07) is 0. The number of hydrogen-bond donors (Lipinski definition) is 2. The molecule has 0 spiro atoms. The highest BCUT2D eigenvalue weighted by atomic mass is 16.3. The number of rotatable bonds is 5. The minimum Gasteiger partial charge on any atom is -0.391 e. The molecule has 0 saturated carbocycles. The summed E-state index contributed by atoms with van der Waals surface area (Å²) < 4.78 is 36.0. The number of hydrogen-bond acceptors (Lipinski definition) is 2. The van der Waals surface area contributed by atoms with Crippen LogP contribution < -0.4 is 0 Å². The van der Waals surface area contributed by atoms with Gasteiger partial charge in [-0.05, 0) is 6.85 Å². The number of aliphatic hydroxyl groups is 2. The Balaban J connectivity index is 5.05. The van der Waals surface area contributed by atoms with Gasteiger partial charge in [-0.1, -0.05) is 0 Å². The molecule has 3 heteroatoms. The molecule has 0 aliphatic carbocycles. The van der Waals surface area contributed by atoms with Crippen molar-refractivity contribution >= 4 is 0 Å². The van der Waals surface area contributed by atoms with E-state index < -0.39 is 17.8 Å². The monoisotopic (exact) mass is 153 g/mol. The zero-order valence-corrected chi connectivity index (χ0v) is 6.17. The standard InChI is InChI=1S/C7H18NO2/c1-3-8(2,4-6-9)5-7-10/h9-10H,3-7H2,1-2H3/q+1/i1D3,3D2. The van der Waals surface area contributed by atoms with Crippen LogP contribution in [0.2, 0.25) is 0 Å². The fraction of sp³-hybridized carbons (Fsp3) is 1.00. The predicted molar refractivity (Wildman–Crippen MR) is 40.6 cm³/mol. The van der Waals surface area contributed by atoms with E-state index in [1.165, 1.54) is 7.05 Å². The van der Waals surface area contributed by atoms with Gasteiger partial charge in [0.2, 0.25) is 0 Å². The zero-order valence-electron chi connectivity index (χ0n) is 11.2. The lowest BCUT2D eigenvalue weighted by atomic mass is 10.4. The number of quaternary nitrogens is 1. The Morgan fingerprint density at radius 3 is 2.20 bits per heavy atom. The van der Waals surface area contributed by atoms with Gasteiger partial charge in [-0.2, -0.15) is 0 Å². The Labute approximate surface area is 69.5 Å². The van der Waals surface area contributed by atoms with Gasteiger partial charge in [-0.15, -0.1) is 0 Å². The van der Waals surface area contributed by atoms with E-state index in [1.807, 2.05) is 0 Å². The van der Waals surface area contributed by atoms with Crippen molar-refractivity contribution in [2.75, 3.05) is 39.8 Å². The van der Waals surface area contributed by atoms with Crippen LogP contribution in [0.4, 0.5) is 0 Å². The SMILES string of the molecule is [2H]C([2H])([2H])C([2H])([2H])[N+](C)(CCO)CCO. The van der Waals surface area contributed by atoms with Gasteiger partial charge in [-0.25, -0.2) is 0 Å². The summed E-state index contributed by atoms with van der Waals surface area (Å²) in [5, 5.41) is 17.6. The Morgan fingerprint density at radius 2 is 1.90 bits per heavy atom. The molecule has 0 aromatic heterocycles. The van der Waals surface area contributed by atoms with Crippen molar-refractivity contribution in [3.63, 3.8) is 0 Å². The molecule has 0 unspecified atom stereocenters. The predicted octanol–water partition coefficient (Wildman–Crippen LogP) is -0.563. The summed E-state index contributed by atoms with van der Waals surface area (Å²) in [5.74, 6) is 0. The van der Waals surface area contributed by atoms with Crippen molar-refractivity contribution in [3.8, 4) is 0 Å². The molecule has 0 radical (unpaired) electrons. The molecule has 0 fully saturated rings. The maximum atomic E-state index is 8.81. The lowest BCUT2D eigenvalue weighted by molar-refractivity contribution is -0.908. The average molecular weight is 153 g/mol. The number of nitrogens with zero attached hydrogens (tertiary/aromatic N) is 1. The second-order valence-electron chi connectivity index (χ2n) is 2.40. The van der Waals surface area contributed by atoms with E-state index in [4.69, 9.17) is 17.1 Å². The van der Waals surface area contributed by atoms with Gasteiger partial charge in [0.25, 0.3) is 0 Å². The van der Waals surface area contributed by atoms with Crippen molar-refractivity contribution < 1.29 is 21.5 Å². The first-order valence-electron chi connectivity index (χ1n) is 5.69. The Bertz CT molecular complexity index is 200. The normalized spacial score (nSPS) is 22.1. The largest absolute Gasteiger partial charge is 0.391 e. The molecule has 0 aliphatic heterocycles. The first-order chi connectivity index (χ1) is 6.62. The van der Waals surface area contributed by atoms with Crippen molar-refractivity contribution in [1.29, 1.82) is 0 Å². The second-order valence-corrected chi connectivity index (χ2v) is 2.40. The van der Waals surface area contributed by atoms with Gasteiger partial charge < -0.3 is 14.7 Å². The van der Waals surface area contributed by atoms with Crippen LogP contribution in [0, 0.1) is 0 Å². The van der Waals surface area contributed by atoms with Crippen molar-refractivity contribution in [2.45, 2.75) is 6.85 Å². The molecule has 0 heterocycles. The van der Waals surface area contributed by atoms with Gasteiger partial charge in [0, 0.05) is 4.11 Å². The molecule has 10 heavy (non-hydrogen) atoms. The highest BCUT2D eigenvalue weighted by Crippen LogP contribution is 1.98. The molecular formula is C7H18NO2+. The molecule has 0 rings (SSSR count). The molecule has 0 bridgehead atoms. The van der Waals surface area contributed by atoms with Crippen LogP contribution in [0.1, 0.15) is 13.7 Å². The Morgan fingerprint density at radius 1 is 1.40 bits per heavy atom. The molecule has 0 aromatic rings. The van der Waals surface area contributed by atoms with E-state index >= 15 is 0 Å². The highest BCUT2D eigenvalue weighted by molar-refractivity contribution is 4.34. The third-order valence-electron chi connectivity index (χ3n) is 1.46. The molecule has 0 aliphatic rings. The van der Waals surface area contributed by atoms with Gasteiger partial charge in [0.15, 0.2) is 0 Å². The summed E-state index contributed by atoms with van der Waals surface area (Å²) in [4.78, 5) is 0. The fourth-order valence-corrected chi connectivity index (χ4v) is 0.665. The smallest absolute Gasteiger partial charge is 0.102 e. The maximum Gasteiger partial charge on any atom is 0.102 e. The zero-order chi connectivity index (χ0) is 12.3. The van der Waals surface area contributed by atoms with Crippen LogP contribution in [0.25, 0.3) is 0 Å². The number of likely N-dealkylation sites (N-methyl/N-ethyl adjacent to an activating group) is 1. The lowest BCUT2D eigenvalue weighted by Crippen LogP contribution is -2.47. The summed E-state index contributed by atoms with van der Waals surface area (Å²) in [6.45, 7) is -6.03. The third-order valence-corrected chi connectivity index (χ3v) is 1.46. The van der Waals surface area contributed by atoms with Gasteiger partial charge >= 0.3 is 0 Å². The second kappa shape index (κ2) is 4.66. The van der Waals surface area contributed by atoms with E-state index in [0.29, 0.717) is 0 Å². The van der Waals surface area contributed by atoms with Crippen LogP contribution in [-0.2, 0) is 0 Å². The molecule has 0 amide bonds. The molecule has 62 valence electrons. The highest BCUT2D eigenvalue weighted by Gasteiger charge is 2.16. The molecule has 0 aromatic carbocycles. The van der Waals surface area contributed by atoms with Crippen LogP contribution in [0.15, 0.2) is 0 Å². The first kappa shape index (κ1) is 4.04. The van der Waals surface area contributed by atoms with Gasteiger partial charge in [-0.3, -0.25) is 0 Å². The van der Waals surface area contributed by atoms with E-state index in [2.05, 4.69) is 0 Å². The van der Waals surface area contributed by atoms with Crippen molar-refractivity contribution in [2.24, 2.45) is 0 Å². The van der Waals surface area contributed by atoms with E-state index in [1.54, 1.807) is 0 Å². The summed E-state index contributed by atoms with van der Waals surface area (Å²) in [6.07, 6.45) is 0. The summed E-state index contributed by atoms with van der Waals surface area (Å²) in [5.41, 5.74) is 0. The minimum absolute atomic E-state index is 0.0497. The van der Waals surface area contributed by atoms with Crippen LogP contribution >= 0.6 is 0 Å². The fourth-order valence-electron chi connectivity index (χ4n) is 0.665. The molecule has 3 nitrogen and oxygen atoms in total. The molecule has 0 atom stereocenters. The Kier molecular flexibility index (Phi) is 1.88. The topological polar surface area (TPSA) is 40.5 Å². The van der Waals surface area contributed by atoms with Gasteiger partial charge in [0.05, 0.1) is 29.5 Å². The van der Waals surface area contributed by atoms with Crippen LogP contribution in [-0.4, -0.2) is 54.5 Å². The quantitative estimate of drug-likeness (QED) is 0.520. The average Bonchev–Trinajstić information content (AvgIpc) is 2.02. The van der Waals surface area contributed by atoms with Crippen molar-refractivity contribution in [3.05, 3.63) is 0 Å². The van der Waals surface area contributed by atoms with Gasteiger partial charge in [0.1, 0.15) is 13.1 Å². The summed E-state index contributed by atoms with van der Waals surface area (Å²) in [7, 11) is 1.37. The lowest BCUT2D eigenvalue weighted by Gasteiger charge is -2.31. The molecule has 0 saturated heterocycles. The van der Waals surface area contributed by atoms with E-state index in [-0.39, 0.29) is 26.3 Å².